The van der Waals surface area contributed by atoms with Gasteiger partial charge in [-0.2, -0.15) is 5.26 Å². The molecular weight excluding hydrogens is 428 g/mol. The molecule has 1 N–H and O–H groups in total. The molecular formula is C23H28N4O2S2. The van der Waals surface area contributed by atoms with E-state index in [0.717, 1.165) is 59.1 Å². The maximum Gasteiger partial charge on any atom is 0.264 e. The Balaban J connectivity index is 1.26. The number of piperazine rings is 1. The fourth-order valence-electron chi connectivity index (χ4n) is 4.28. The van der Waals surface area contributed by atoms with Gasteiger partial charge in [0, 0.05) is 48.9 Å². The summed E-state index contributed by atoms with van der Waals surface area (Å²) in [7, 11) is 0. The monoisotopic (exact) mass is 456 g/mol. The summed E-state index contributed by atoms with van der Waals surface area (Å²) in [5.74, 6) is 0.0671. The van der Waals surface area contributed by atoms with E-state index in [1.165, 1.54) is 22.6 Å². The van der Waals surface area contributed by atoms with Gasteiger partial charge in [-0.25, -0.2) is 0 Å². The minimum absolute atomic E-state index is 0.0412. The molecule has 0 aromatic carbocycles. The van der Waals surface area contributed by atoms with Crippen LogP contribution in [0.25, 0.3) is 0 Å². The molecule has 0 saturated carbocycles. The van der Waals surface area contributed by atoms with Crippen molar-refractivity contribution in [2.45, 2.75) is 45.4 Å². The average molecular weight is 457 g/mol. The standard InChI is InChI=1S/C23H28N4O2S2/c1-16-7-8-20(30-16)23(29)27-13-11-26(12-14-27)10-9-21(28)25-22-18(15-24)17-5-3-2-4-6-19(17)31-22/h7-8H,2-6,9-14H2,1H3,(H,25,28). The van der Waals surface area contributed by atoms with Crippen LogP contribution >= 0.6 is 22.7 Å². The van der Waals surface area contributed by atoms with Gasteiger partial charge in [0.1, 0.15) is 11.1 Å². The van der Waals surface area contributed by atoms with Crippen LogP contribution in [0.1, 0.15) is 56.2 Å². The highest BCUT2D eigenvalue weighted by atomic mass is 32.1. The molecule has 1 aliphatic heterocycles. The van der Waals surface area contributed by atoms with Crippen molar-refractivity contribution < 1.29 is 9.59 Å². The molecule has 2 aromatic rings. The number of nitrogens with zero attached hydrogens (tertiary/aromatic N) is 3. The number of hydrogen-bond acceptors (Lipinski definition) is 6. The first-order valence-electron chi connectivity index (χ1n) is 11.0. The van der Waals surface area contributed by atoms with Crippen LogP contribution in [0.15, 0.2) is 12.1 Å². The number of amides is 2. The summed E-state index contributed by atoms with van der Waals surface area (Å²) in [5, 5.41) is 13.3. The van der Waals surface area contributed by atoms with E-state index in [1.807, 2.05) is 24.0 Å². The molecule has 3 heterocycles. The van der Waals surface area contributed by atoms with E-state index in [0.29, 0.717) is 31.6 Å². The first-order valence-corrected chi connectivity index (χ1v) is 12.6. The van der Waals surface area contributed by atoms with Gasteiger partial charge in [-0.1, -0.05) is 6.42 Å². The number of anilines is 1. The number of carbonyl (C=O) groups is 2. The SMILES string of the molecule is Cc1ccc(C(=O)N2CCN(CCC(=O)Nc3sc4c(c3C#N)CCCCC4)CC2)s1. The van der Waals surface area contributed by atoms with E-state index < -0.39 is 0 Å². The highest BCUT2D eigenvalue weighted by Crippen LogP contribution is 2.37. The molecule has 6 nitrogen and oxygen atoms in total. The predicted molar refractivity (Wildman–Crippen MR) is 125 cm³/mol. The van der Waals surface area contributed by atoms with Gasteiger partial charge in [-0.05, 0) is 50.3 Å². The summed E-state index contributed by atoms with van der Waals surface area (Å²) in [6.45, 7) is 5.61. The van der Waals surface area contributed by atoms with Crippen molar-refractivity contribution in [3.05, 3.63) is 37.9 Å². The number of rotatable bonds is 5. The summed E-state index contributed by atoms with van der Waals surface area (Å²) >= 11 is 3.12. The molecule has 2 aliphatic rings. The average Bonchev–Trinajstić information content (AvgIpc) is 3.27. The maximum atomic E-state index is 12.6. The molecule has 8 heteroatoms. The van der Waals surface area contributed by atoms with Crippen LogP contribution in [-0.2, 0) is 17.6 Å². The lowest BCUT2D eigenvalue weighted by atomic mass is 10.1. The maximum absolute atomic E-state index is 12.6. The fourth-order valence-corrected chi connectivity index (χ4v) is 6.37. The topological polar surface area (TPSA) is 76.4 Å². The second-order valence-corrected chi connectivity index (χ2v) is 10.6. The van der Waals surface area contributed by atoms with E-state index in [1.54, 1.807) is 11.3 Å². The lowest BCUT2D eigenvalue weighted by molar-refractivity contribution is -0.116. The molecule has 2 amide bonds. The zero-order valence-corrected chi connectivity index (χ0v) is 19.5. The van der Waals surface area contributed by atoms with Gasteiger partial charge < -0.3 is 10.2 Å². The van der Waals surface area contributed by atoms with Gasteiger partial charge in [-0.15, -0.1) is 22.7 Å². The number of thiophene rings is 2. The molecule has 0 bridgehead atoms. The quantitative estimate of drug-likeness (QED) is 0.689. The third kappa shape index (κ3) is 5.17. The van der Waals surface area contributed by atoms with Crippen molar-refractivity contribution in [1.29, 1.82) is 5.26 Å². The van der Waals surface area contributed by atoms with Crippen LogP contribution in [0.5, 0.6) is 0 Å². The predicted octanol–water partition coefficient (Wildman–Crippen LogP) is 4.05. The Kier molecular flexibility index (Phi) is 7.06. The van der Waals surface area contributed by atoms with E-state index in [-0.39, 0.29) is 11.8 Å². The highest BCUT2D eigenvalue weighted by Gasteiger charge is 2.24. The molecule has 1 fully saturated rings. The molecule has 4 rings (SSSR count). The van der Waals surface area contributed by atoms with E-state index >= 15 is 0 Å². The van der Waals surface area contributed by atoms with Crippen LogP contribution in [-0.4, -0.2) is 54.3 Å². The van der Waals surface area contributed by atoms with Gasteiger partial charge in [0.2, 0.25) is 5.91 Å². The van der Waals surface area contributed by atoms with Crippen LogP contribution in [0.4, 0.5) is 5.00 Å². The Morgan fingerprint density at radius 3 is 2.58 bits per heavy atom. The van der Waals surface area contributed by atoms with Gasteiger partial charge >= 0.3 is 0 Å². The summed E-state index contributed by atoms with van der Waals surface area (Å²) in [6.07, 6.45) is 5.83. The van der Waals surface area contributed by atoms with Gasteiger partial charge in [-0.3, -0.25) is 14.5 Å². The Labute approximate surface area is 191 Å². The largest absolute Gasteiger partial charge is 0.335 e. The highest BCUT2D eigenvalue weighted by molar-refractivity contribution is 7.16. The lowest BCUT2D eigenvalue weighted by Crippen LogP contribution is -2.49. The van der Waals surface area contributed by atoms with Crippen molar-refractivity contribution >= 4 is 39.5 Å². The number of nitrogens with one attached hydrogen (secondary N) is 1. The Hall–Kier alpha value is -2.21. The van der Waals surface area contributed by atoms with Crippen LogP contribution in [0.2, 0.25) is 0 Å². The number of nitriles is 1. The molecule has 1 saturated heterocycles. The molecule has 0 atom stereocenters. The summed E-state index contributed by atoms with van der Waals surface area (Å²) < 4.78 is 0. The van der Waals surface area contributed by atoms with Crippen LogP contribution in [0.3, 0.4) is 0 Å². The van der Waals surface area contributed by atoms with Gasteiger partial charge in [0.25, 0.3) is 5.91 Å². The summed E-state index contributed by atoms with van der Waals surface area (Å²) in [5.41, 5.74) is 1.83. The molecule has 0 unspecified atom stereocenters. The zero-order chi connectivity index (χ0) is 21.8. The molecule has 1 aliphatic carbocycles. The second-order valence-electron chi connectivity index (χ2n) is 8.22. The number of carbonyl (C=O) groups excluding carboxylic acids is 2. The smallest absolute Gasteiger partial charge is 0.264 e. The summed E-state index contributed by atoms with van der Waals surface area (Å²) in [4.78, 5) is 32.5. The molecule has 0 radical (unpaired) electrons. The first kappa shape index (κ1) is 22.0. The van der Waals surface area contributed by atoms with Crippen molar-refractivity contribution in [2.75, 3.05) is 38.0 Å². The third-order valence-electron chi connectivity index (χ3n) is 6.05. The van der Waals surface area contributed by atoms with Gasteiger partial charge in [0.15, 0.2) is 0 Å². The van der Waals surface area contributed by atoms with Crippen LogP contribution < -0.4 is 5.32 Å². The second kappa shape index (κ2) is 9.94. The lowest BCUT2D eigenvalue weighted by Gasteiger charge is -2.34. The molecule has 2 aromatic heterocycles. The fraction of sp³-hybridized carbons (Fsp3) is 0.522. The molecule has 31 heavy (non-hydrogen) atoms. The third-order valence-corrected chi connectivity index (χ3v) is 8.25. The summed E-state index contributed by atoms with van der Waals surface area (Å²) in [6, 6.07) is 6.21. The van der Waals surface area contributed by atoms with Gasteiger partial charge in [0.05, 0.1) is 10.4 Å². The van der Waals surface area contributed by atoms with E-state index in [9.17, 15) is 14.9 Å². The van der Waals surface area contributed by atoms with Crippen LogP contribution in [0, 0.1) is 18.3 Å². The minimum atomic E-state index is -0.0412. The minimum Gasteiger partial charge on any atom is -0.335 e. The Bertz CT molecular complexity index is 996. The Morgan fingerprint density at radius 1 is 1.10 bits per heavy atom. The number of fused-ring (bicyclic) bond motifs is 1. The molecule has 0 spiro atoms. The van der Waals surface area contributed by atoms with Crippen molar-refractivity contribution in [3.8, 4) is 6.07 Å². The number of hydrogen-bond donors (Lipinski definition) is 1. The number of aryl methyl sites for hydroxylation is 2. The van der Waals surface area contributed by atoms with Crippen molar-refractivity contribution in [2.24, 2.45) is 0 Å². The normalized spacial score (nSPS) is 17.0. The first-order chi connectivity index (χ1) is 15.0. The Morgan fingerprint density at radius 2 is 1.87 bits per heavy atom. The zero-order valence-electron chi connectivity index (χ0n) is 17.9. The molecule has 164 valence electrons. The van der Waals surface area contributed by atoms with Crippen molar-refractivity contribution in [1.82, 2.24) is 9.80 Å². The van der Waals surface area contributed by atoms with E-state index in [2.05, 4.69) is 16.3 Å². The van der Waals surface area contributed by atoms with Crippen molar-refractivity contribution in [3.63, 3.8) is 0 Å². The van der Waals surface area contributed by atoms with E-state index in [4.69, 9.17) is 0 Å².